The lowest BCUT2D eigenvalue weighted by molar-refractivity contribution is -0.125. The van der Waals surface area contributed by atoms with E-state index in [4.69, 9.17) is 4.74 Å². The molecule has 0 aromatic heterocycles. The fourth-order valence-electron chi connectivity index (χ4n) is 2.54. The molecule has 2 aromatic carbocycles. The van der Waals surface area contributed by atoms with Crippen LogP contribution in [0.2, 0.25) is 0 Å². The van der Waals surface area contributed by atoms with Crippen LogP contribution in [0.3, 0.4) is 0 Å². The van der Waals surface area contributed by atoms with Gasteiger partial charge in [-0.3, -0.25) is 4.79 Å². The predicted octanol–water partition coefficient (Wildman–Crippen LogP) is 2.47. The number of nitrogens with zero attached hydrogens (tertiary/aromatic N) is 1. The van der Waals surface area contributed by atoms with Crippen LogP contribution >= 0.6 is 0 Å². The Bertz CT molecular complexity index is 738. The third kappa shape index (κ3) is 3.18. The molecule has 2 aromatic rings. The molecule has 0 saturated carbocycles. The van der Waals surface area contributed by atoms with Gasteiger partial charge in [0, 0.05) is 31.9 Å². The van der Waals surface area contributed by atoms with Crippen LogP contribution in [0.4, 0.5) is 11.4 Å². The number of ether oxygens (including phenoxy) is 1. The number of rotatable bonds is 3. The van der Waals surface area contributed by atoms with Crippen molar-refractivity contribution >= 4 is 23.3 Å². The highest BCUT2D eigenvalue weighted by atomic mass is 16.5. The van der Waals surface area contributed by atoms with Crippen LogP contribution in [0.5, 0.6) is 0 Å². The van der Waals surface area contributed by atoms with Crippen LogP contribution in [0.15, 0.2) is 48.5 Å². The van der Waals surface area contributed by atoms with E-state index in [0.717, 1.165) is 11.3 Å². The number of carbonyl (C=O) groups is 2. The highest BCUT2D eigenvalue weighted by molar-refractivity contribution is 6.00. The summed E-state index contributed by atoms with van der Waals surface area (Å²) >= 11 is 0. The van der Waals surface area contributed by atoms with Gasteiger partial charge in [0.1, 0.15) is 0 Å². The Morgan fingerprint density at radius 2 is 1.83 bits per heavy atom. The molecule has 5 heteroatoms. The van der Waals surface area contributed by atoms with Crippen molar-refractivity contribution in [1.29, 1.82) is 0 Å². The summed E-state index contributed by atoms with van der Waals surface area (Å²) in [5.74, 6) is -0.764. The van der Waals surface area contributed by atoms with Crippen molar-refractivity contribution in [2.45, 2.75) is 12.5 Å². The zero-order chi connectivity index (χ0) is 16.4. The van der Waals surface area contributed by atoms with Gasteiger partial charge in [0.25, 0.3) is 5.91 Å². The van der Waals surface area contributed by atoms with E-state index in [9.17, 15) is 9.59 Å². The Balaban J connectivity index is 1.71. The van der Waals surface area contributed by atoms with Gasteiger partial charge in [-0.25, -0.2) is 4.79 Å². The van der Waals surface area contributed by atoms with Crippen molar-refractivity contribution in [1.82, 2.24) is 0 Å². The van der Waals surface area contributed by atoms with Crippen molar-refractivity contribution in [3.8, 4) is 0 Å². The third-order valence-corrected chi connectivity index (χ3v) is 3.84. The molecule has 0 unspecified atom stereocenters. The van der Waals surface area contributed by atoms with Gasteiger partial charge in [-0.15, -0.1) is 0 Å². The molecule has 118 valence electrons. The first-order valence-corrected chi connectivity index (χ1v) is 7.42. The molecule has 0 spiro atoms. The van der Waals surface area contributed by atoms with E-state index in [1.165, 1.54) is 0 Å². The molecule has 5 nitrogen and oxygen atoms in total. The number of benzene rings is 2. The monoisotopic (exact) mass is 310 g/mol. The van der Waals surface area contributed by atoms with Gasteiger partial charge in [-0.2, -0.15) is 0 Å². The first-order chi connectivity index (χ1) is 11.0. The molecule has 0 radical (unpaired) electrons. The molecule has 0 saturated heterocycles. The zero-order valence-corrected chi connectivity index (χ0v) is 13.1. The average Bonchev–Trinajstić information content (AvgIpc) is 2.55. The second-order valence-corrected chi connectivity index (χ2v) is 5.69. The Morgan fingerprint density at radius 1 is 1.13 bits per heavy atom. The van der Waals surface area contributed by atoms with Gasteiger partial charge in [0.15, 0.2) is 6.10 Å². The van der Waals surface area contributed by atoms with Gasteiger partial charge in [0.2, 0.25) is 0 Å². The van der Waals surface area contributed by atoms with E-state index in [1.54, 1.807) is 12.1 Å². The zero-order valence-electron chi connectivity index (χ0n) is 13.1. The van der Waals surface area contributed by atoms with E-state index in [2.05, 4.69) is 5.32 Å². The minimum atomic E-state index is -0.800. The fraction of sp³-hybridized carbons (Fsp3) is 0.222. The standard InChI is InChI=1S/C18H18N2O3/c1-20(2)14-9-7-13(8-10-14)19-17(21)16-11-12-5-3-4-6-15(12)18(22)23-16/h3-10,16H,11H2,1-2H3,(H,19,21)/t16-/m1/s1. The maximum atomic E-state index is 12.3. The van der Waals surface area contributed by atoms with E-state index in [-0.39, 0.29) is 5.91 Å². The molecular weight excluding hydrogens is 292 g/mol. The number of esters is 1. The summed E-state index contributed by atoms with van der Waals surface area (Å²) in [6.45, 7) is 0. The molecule has 0 aliphatic carbocycles. The quantitative estimate of drug-likeness (QED) is 0.885. The molecule has 1 amide bonds. The fourth-order valence-corrected chi connectivity index (χ4v) is 2.54. The SMILES string of the molecule is CN(C)c1ccc(NC(=O)[C@H]2Cc3ccccc3C(=O)O2)cc1. The first kappa shape index (κ1) is 15.1. The number of fused-ring (bicyclic) bond motifs is 1. The number of hydrogen-bond acceptors (Lipinski definition) is 4. The Labute approximate surface area is 134 Å². The molecule has 0 bridgehead atoms. The molecule has 1 aliphatic rings. The van der Waals surface area contributed by atoms with Crippen LogP contribution < -0.4 is 10.2 Å². The van der Waals surface area contributed by atoms with E-state index in [1.807, 2.05) is 55.4 Å². The molecule has 23 heavy (non-hydrogen) atoms. The number of hydrogen-bond donors (Lipinski definition) is 1. The molecular formula is C18H18N2O3. The summed E-state index contributed by atoms with van der Waals surface area (Å²) in [6, 6.07) is 14.7. The minimum Gasteiger partial charge on any atom is -0.448 e. The van der Waals surface area contributed by atoms with E-state index < -0.39 is 12.1 Å². The Hall–Kier alpha value is -2.82. The van der Waals surface area contributed by atoms with Crippen molar-refractivity contribution in [3.05, 3.63) is 59.7 Å². The molecule has 1 atom stereocenters. The average molecular weight is 310 g/mol. The third-order valence-electron chi connectivity index (χ3n) is 3.84. The number of nitrogens with one attached hydrogen (secondary N) is 1. The second kappa shape index (κ2) is 6.12. The van der Waals surface area contributed by atoms with Crippen molar-refractivity contribution in [3.63, 3.8) is 0 Å². The maximum Gasteiger partial charge on any atom is 0.339 e. The second-order valence-electron chi connectivity index (χ2n) is 5.69. The summed E-state index contributed by atoms with van der Waals surface area (Å²) in [4.78, 5) is 26.3. The summed E-state index contributed by atoms with van der Waals surface area (Å²) in [5.41, 5.74) is 3.09. The van der Waals surface area contributed by atoms with Crippen LogP contribution in [0, 0.1) is 0 Å². The van der Waals surface area contributed by atoms with Gasteiger partial charge in [-0.05, 0) is 35.9 Å². The van der Waals surface area contributed by atoms with Crippen LogP contribution in [-0.2, 0) is 16.0 Å². The highest BCUT2D eigenvalue weighted by Gasteiger charge is 2.30. The van der Waals surface area contributed by atoms with E-state index in [0.29, 0.717) is 17.7 Å². The molecule has 0 fully saturated rings. The lowest BCUT2D eigenvalue weighted by Crippen LogP contribution is -2.37. The summed E-state index contributed by atoms with van der Waals surface area (Å²) < 4.78 is 5.25. The number of amides is 1. The number of carbonyl (C=O) groups excluding carboxylic acids is 2. The lowest BCUT2D eigenvalue weighted by Gasteiger charge is -2.23. The largest absolute Gasteiger partial charge is 0.448 e. The highest BCUT2D eigenvalue weighted by Crippen LogP contribution is 2.22. The van der Waals surface area contributed by atoms with Gasteiger partial charge in [0.05, 0.1) is 5.56 Å². The lowest BCUT2D eigenvalue weighted by atomic mass is 9.98. The van der Waals surface area contributed by atoms with Crippen LogP contribution in [0.25, 0.3) is 0 Å². The van der Waals surface area contributed by atoms with Gasteiger partial charge in [-0.1, -0.05) is 18.2 Å². The molecule has 3 rings (SSSR count). The summed E-state index contributed by atoms with van der Waals surface area (Å²) in [5, 5.41) is 2.79. The van der Waals surface area contributed by atoms with Crippen LogP contribution in [-0.4, -0.2) is 32.1 Å². The van der Waals surface area contributed by atoms with Crippen molar-refractivity contribution in [2.24, 2.45) is 0 Å². The van der Waals surface area contributed by atoms with Gasteiger partial charge >= 0.3 is 5.97 Å². The predicted molar refractivity (Wildman–Crippen MR) is 88.7 cm³/mol. The maximum absolute atomic E-state index is 12.3. The smallest absolute Gasteiger partial charge is 0.339 e. The summed E-state index contributed by atoms with van der Waals surface area (Å²) in [7, 11) is 3.90. The molecule has 1 aliphatic heterocycles. The van der Waals surface area contributed by atoms with E-state index >= 15 is 0 Å². The van der Waals surface area contributed by atoms with Crippen molar-refractivity contribution < 1.29 is 14.3 Å². The van der Waals surface area contributed by atoms with Crippen molar-refractivity contribution in [2.75, 3.05) is 24.3 Å². The number of anilines is 2. The molecule has 1 heterocycles. The van der Waals surface area contributed by atoms with Crippen LogP contribution in [0.1, 0.15) is 15.9 Å². The summed E-state index contributed by atoms with van der Waals surface area (Å²) in [6.07, 6.45) is -0.408. The molecule has 1 N–H and O–H groups in total. The van der Waals surface area contributed by atoms with Gasteiger partial charge < -0.3 is 15.0 Å². The Morgan fingerprint density at radius 3 is 2.52 bits per heavy atom. The minimum absolute atomic E-state index is 0.314. The number of cyclic esters (lactones) is 1. The first-order valence-electron chi connectivity index (χ1n) is 7.42. The Kier molecular flexibility index (Phi) is 4.02. The normalized spacial score (nSPS) is 16.3. The topological polar surface area (TPSA) is 58.6 Å².